The van der Waals surface area contributed by atoms with E-state index in [9.17, 15) is 19.7 Å². The van der Waals surface area contributed by atoms with E-state index >= 15 is 0 Å². The van der Waals surface area contributed by atoms with Crippen molar-refractivity contribution >= 4 is 17.4 Å². The Morgan fingerprint density at radius 1 is 1.07 bits per heavy atom. The van der Waals surface area contributed by atoms with Gasteiger partial charge >= 0.3 is 0 Å². The highest BCUT2D eigenvalue weighted by atomic mass is 16.6. The first-order valence-corrected chi connectivity index (χ1v) is 9.13. The Kier molecular flexibility index (Phi) is 5.73. The van der Waals surface area contributed by atoms with Gasteiger partial charge in [0.15, 0.2) is 5.78 Å². The van der Waals surface area contributed by atoms with Crippen LogP contribution >= 0.6 is 0 Å². The van der Waals surface area contributed by atoms with Crippen LogP contribution in [0.15, 0.2) is 42.5 Å². The van der Waals surface area contributed by atoms with Gasteiger partial charge in [-0.05, 0) is 50.1 Å². The van der Waals surface area contributed by atoms with Gasteiger partial charge in [0, 0.05) is 41.8 Å². The molecule has 3 rings (SSSR count). The summed E-state index contributed by atoms with van der Waals surface area (Å²) in [6.07, 6.45) is 1.15. The molecule has 1 saturated heterocycles. The molecule has 0 radical (unpaired) electrons. The number of likely N-dealkylation sites (tertiary alicyclic amines) is 1. The number of benzene rings is 2. The van der Waals surface area contributed by atoms with Gasteiger partial charge in [0.05, 0.1) is 12.0 Å². The van der Waals surface area contributed by atoms with E-state index in [0.717, 1.165) is 0 Å². The Morgan fingerprint density at radius 3 is 2.25 bits per heavy atom. The lowest BCUT2D eigenvalue weighted by atomic mass is 9.88. The molecule has 0 aromatic heterocycles. The maximum absolute atomic E-state index is 12.7. The van der Waals surface area contributed by atoms with Gasteiger partial charge in [-0.3, -0.25) is 19.7 Å². The largest absolute Gasteiger partial charge is 0.497 e. The topological polar surface area (TPSA) is 89.8 Å². The molecule has 0 bridgehead atoms. The molecular weight excluding hydrogens is 360 g/mol. The van der Waals surface area contributed by atoms with E-state index in [0.29, 0.717) is 48.4 Å². The number of methoxy groups -OCH3 is 1. The van der Waals surface area contributed by atoms with Crippen LogP contribution in [-0.4, -0.2) is 41.7 Å². The fourth-order valence-electron chi connectivity index (χ4n) is 3.46. The summed E-state index contributed by atoms with van der Waals surface area (Å²) in [5, 5.41) is 11.1. The molecule has 0 N–H and O–H groups in total. The first kappa shape index (κ1) is 19.5. The Balaban J connectivity index is 1.64. The van der Waals surface area contributed by atoms with Gasteiger partial charge in [-0.2, -0.15) is 0 Å². The summed E-state index contributed by atoms with van der Waals surface area (Å²) >= 11 is 0. The standard InChI is InChI=1S/C21H22N2O5/c1-14-3-4-17(13-19(14)23(26)27)21(25)22-11-9-16(10-12-22)20(24)15-5-7-18(28-2)8-6-15/h3-8,13,16H,9-12H2,1-2H3. The van der Waals surface area contributed by atoms with Crippen LogP contribution in [0.1, 0.15) is 39.1 Å². The number of ether oxygens (including phenoxy) is 1. The van der Waals surface area contributed by atoms with Crippen LogP contribution in [0.5, 0.6) is 5.75 Å². The molecule has 0 saturated carbocycles. The molecule has 1 heterocycles. The van der Waals surface area contributed by atoms with Crippen LogP contribution in [0, 0.1) is 23.0 Å². The molecule has 0 aliphatic carbocycles. The zero-order chi connectivity index (χ0) is 20.3. The summed E-state index contributed by atoms with van der Waals surface area (Å²) in [6.45, 7) is 2.54. The van der Waals surface area contributed by atoms with Gasteiger partial charge in [0.25, 0.3) is 11.6 Å². The molecule has 1 amide bonds. The number of Topliss-reactive ketones (excluding diaryl/α,β-unsaturated/α-hetero) is 1. The van der Waals surface area contributed by atoms with E-state index < -0.39 is 4.92 Å². The monoisotopic (exact) mass is 382 g/mol. The van der Waals surface area contributed by atoms with Crippen molar-refractivity contribution in [3.63, 3.8) is 0 Å². The average molecular weight is 382 g/mol. The number of ketones is 1. The second kappa shape index (κ2) is 8.21. The molecule has 7 nitrogen and oxygen atoms in total. The normalized spacial score (nSPS) is 14.6. The van der Waals surface area contributed by atoms with Crippen LogP contribution < -0.4 is 4.74 Å². The molecule has 1 aliphatic heterocycles. The number of piperidine rings is 1. The van der Waals surface area contributed by atoms with Gasteiger partial charge < -0.3 is 9.64 Å². The van der Waals surface area contributed by atoms with Gasteiger partial charge in [-0.1, -0.05) is 6.07 Å². The predicted molar refractivity (Wildman–Crippen MR) is 104 cm³/mol. The first-order valence-electron chi connectivity index (χ1n) is 9.13. The fourth-order valence-corrected chi connectivity index (χ4v) is 3.46. The Labute approximate surface area is 163 Å². The number of carbonyl (C=O) groups excluding carboxylic acids is 2. The highest BCUT2D eigenvalue weighted by Crippen LogP contribution is 2.25. The number of amides is 1. The summed E-state index contributed by atoms with van der Waals surface area (Å²) in [5.41, 5.74) is 1.40. The molecule has 1 aliphatic rings. The number of aryl methyl sites for hydroxylation is 1. The molecule has 28 heavy (non-hydrogen) atoms. The van der Waals surface area contributed by atoms with E-state index in [-0.39, 0.29) is 23.3 Å². The quantitative estimate of drug-likeness (QED) is 0.447. The Morgan fingerprint density at radius 2 is 1.68 bits per heavy atom. The molecule has 0 spiro atoms. The number of carbonyl (C=O) groups is 2. The zero-order valence-corrected chi connectivity index (χ0v) is 15.9. The van der Waals surface area contributed by atoms with Gasteiger partial charge in [-0.15, -0.1) is 0 Å². The highest BCUT2D eigenvalue weighted by molar-refractivity contribution is 5.98. The summed E-state index contributed by atoms with van der Waals surface area (Å²) in [7, 11) is 1.58. The lowest BCUT2D eigenvalue weighted by Gasteiger charge is -2.31. The molecule has 2 aromatic carbocycles. The second-order valence-corrected chi connectivity index (χ2v) is 6.92. The molecule has 7 heteroatoms. The molecule has 0 unspecified atom stereocenters. The van der Waals surface area contributed by atoms with Crippen molar-refractivity contribution in [1.82, 2.24) is 4.90 Å². The summed E-state index contributed by atoms with van der Waals surface area (Å²) in [4.78, 5) is 37.7. The third-order valence-electron chi connectivity index (χ3n) is 5.18. The summed E-state index contributed by atoms with van der Waals surface area (Å²) in [6, 6.07) is 11.6. The van der Waals surface area contributed by atoms with Crippen molar-refractivity contribution in [2.24, 2.45) is 5.92 Å². The highest BCUT2D eigenvalue weighted by Gasteiger charge is 2.29. The van der Waals surface area contributed by atoms with Crippen molar-refractivity contribution < 1.29 is 19.2 Å². The summed E-state index contributed by atoms with van der Waals surface area (Å²) < 4.78 is 5.11. The van der Waals surface area contributed by atoms with Crippen LogP contribution in [0.3, 0.4) is 0 Å². The van der Waals surface area contributed by atoms with Crippen LogP contribution in [0.25, 0.3) is 0 Å². The number of nitro benzene ring substituents is 1. The molecule has 0 atom stereocenters. The van der Waals surface area contributed by atoms with E-state index in [1.807, 2.05) is 0 Å². The SMILES string of the molecule is COc1ccc(C(=O)C2CCN(C(=O)c3ccc(C)c([N+](=O)[O-])c3)CC2)cc1. The maximum Gasteiger partial charge on any atom is 0.273 e. The lowest BCUT2D eigenvalue weighted by molar-refractivity contribution is -0.385. The van der Waals surface area contributed by atoms with E-state index in [1.165, 1.54) is 6.07 Å². The Bertz CT molecular complexity index is 900. The lowest BCUT2D eigenvalue weighted by Crippen LogP contribution is -2.40. The average Bonchev–Trinajstić information content (AvgIpc) is 2.73. The summed E-state index contributed by atoms with van der Waals surface area (Å²) in [5.74, 6) is 0.396. The van der Waals surface area contributed by atoms with E-state index in [2.05, 4.69) is 0 Å². The first-order chi connectivity index (χ1) is 13.4. The minimum absolute atomic E-state index is 0.0598. The van der Waals surface area contributed by atoms with Crippen LogP contribution in [0.2, 0.25) is 0 Å². The smallest absolute Gasteiger partial charge is 0.273 e. The maximum atomic E-state index is 12.7. The third kappa shape index (κ3) is 4.03. The molecule has 1 fully saturated rings. The predicted octanol–water partition coefficient (Wildman–Crippen LogP) is 3.65. The molecule has 2 aromatic rings. The van der Waals surface area contributed by atoms with Crippen molar-refractivity contribution in [3.8, 4) is 5.75 Å². The minimum Gasteiger partial charge on any atom is -0.497 e. The van der Waals surface area contributed by atoms with Gasteiger partial charge in [0.1, 0.15) is 5.75 Å². The van der Waals surface area contributed by atoms with Gasteiger partial charge in [0.2, 0.25) is 0 Å². The number of rotatable bonds is 5. The number of hydrogen-bond acceptors (Lipinski definition) is 5. The van der Waals surface area contributed by atoms with E-state index in [4.69, 9.17) is 4.74 Å². The Hall–Kier alpha value is -3.22. The molecule has 146 valence electrons. The fraction of sp³-hybridized carbons (Fsp3) is 0.333. The number of nitrogens with zero attached hydrogens (tertiary/aromatic N) is 2. The van der Waals surface area contributed by atoms with Crippen molar-refractivity contribution in [2.45, 2.75) is 19.8 Å². The minimum atomic E-state index is -0.480. The van der Waals surface area contributed by atoms with Crippen molar-refractivity contribution in [3.05, 3.63) is 69.3 Å². The second-order valence-electron chi connectivity index (χ2n) is 6.92. The number of nitro groups is 1. The van der Waals surface area contributed by atoms with Crippen LogP contribution in [0.4, 0.5) is 5.69 Å². The van der Waals surface area contributed by atoms with Crippen molar-refractivity contribution in [1.29, 1.82) is 0 Å². The zero-order valence-electron chi connectivity index (χ0n) is 15.9. The molecular formula is C21H22N2O5. The van der Waals surface area contributed by atoms with Gasteiger partial charge in [-0.25, -0.2) is 0 Å². The third-order valence-corrected chi connectivity index (χ3v) is 5.18. The van der Waals surface area contributed by atoms with Crippen LogP contribution in [-0.2, 0) is 0 Å². The van der Waals surface area contributed by atoms with Crippen molar-refractivity contribution in [2.75, 3.05) is 20.2 Å². The number of hydrogen-bond donors (Lipinski definition) is 0. The van der Waals surface area contributed by atoms with E-state index in [1.54, 1.807) is 55.3 Å².